The summed E-state index contributed by atoms with van der Waals surface area (Å²) < 4.78 is 0. The second kappa shape index (κ2) is 3.81. The molecule has 1 N–H and O–H groups in total. The zero-order valence-corrected chi connectivity index (χ0v) is 6.95. The molecular weight excluding hydrogens is 150 g/mol. The van der Waals surface area contributed by atoms with Crippen molar-refractivity contribution in [1.29, 1.82) is 5.41 Å². The molecule has 0 heterocycles. The predicted molar refractivity (Wildman–Crippen MR) is 48.6 cm³/mol. The van der Waals surface area contributed by atoms with Crippen molar-refractivity contribution in [3.63, 3.8) is 0 Å². The molecule has 1 atom stereocenters. The van der Waals surface area contributed by atoms with Crippen LogP contribution < -0.4 is 0 Å². The molecule has 0 amide bonds. The summed E-state index contributed by atoms with van der Waals surface area (Å²) in [6.07, 6.45) is 0.595. The molecule has 12 heavy (non-hydrogen) atoms. The van der Waals surface area contributed by atoms with E-state index in [1.54, 1.807) is 0 Å². The summed E-state index contributed by atoms with van der Waals surface area (Å²) in [4.78, 5) is 10.3. The molecule has 0 saturated carbocycles. The first-order valence-corrected chi connectivity index (χ1v) is 3.84. The lowest BCUT2D eigenvalue weighted by Crippen LogP contribution is -2.08. The van der Waals surface area contributed by atoms with Gasteiger partial charge in [0.15, 0.2) is 6.29 Å². The highest BCUT2D eigenvalue weighted by Gasteiger charge is 2.08. The Morgan fingerprint density at radius 2 is 2.00 bits per heavy atom. The number of aldehydes is 1. The van der Waals surface area contributed by atoms with Crippen LogP contribution in [0.3, 0.4) is 0 Å². The van der Waals surface area contributed by atoms with E-state index >= 15 is 0 Å². The van der Waals surface area contributed by atoms with Crippen LogP contribution in [0, 0.1) is 5.41 Å². The third-order valence-corrected chi connectivity index (χ3v) is 1.89. The number of hydrogen-bond donors (Lipinski definition) is 1. The van der Waals surface area contributed by atoms with Crippen LogP contribution in [0.1, 0.15) is 18.4 Å². The molecule has 2 nitrogen and oxygen atoms in total. The van der Waals surface area contributed by atoms with Gasteiger partial charge < -0.3 is 5.41 Å². The number of benzene rings is 1. The fourth-order valence-corrected chi connectivity index (χ4v) is 1.02. The van der Waals surface area contributed by atoms with E-state index in [4.69, 9.17) is 5.41 Å². The van der Waals surface area contributed by atoms with Gasteiger partial charge in [-0.2, -0.15) is 0 Å². The molecule has 0 radical (unpaired) electrons. The minimum atomic E-state index is -0.0938. The molecule has 0 saturated heterocycles. The number of carbonyl (C=O) groups excluding carboxylic acids is 1. The van der Waals surface area contributed by atoms with Gasteiger partial charge in [0.1, 0.15) is 0 Å². The van der Waals surface area contributed by atoms with Crippen LogP contribution in [0.25, 0.3) is 0 Å². The van der Waals surface area contributed by atoms with E-state index in [0.29, 0.717) is 6.29 Å². The molecule has 2 heteroatoms. The number of hydrogen-bond acceptors (Lipinski definition) is 2. The second-order valence-corrected chi connectivity index (χ2v) is 2.71. The third kappa shape index (κ3) is 1.78. The minimum Gasteiger partial charge on any atom is -0.301 e. The van der Waals surface area contributed by atoms with Gasteiger partial charge in [0, 0.05) is 5.92 Å². The molecule has 0 aliphatic rings. The Morgan fingerprint density at radius 1 is 1.42 bits per heavy atom. The van der Waals surface area contributed by atoms with E-state index in [9.17, 15) is 4.79 Å². The maximum Gasteiger partial charge on any atom is 0.164 e. The van der Waals surface area contributed by atoms with Crippen LogP contribution >= 0.6 is 0 Å². The summed E-state index contributed by atoms with van der Waals surface area (Å²) >= 11 is 0. The highest BCUT2D eigenvalue weighted by atomic mass is 16.1. The van der Waals surface area contributed by atoms with Gasteiger partial charge in [0.25, 0.3) is 0 Å². The Kier molecular flexibility index (Phi) is 2.75. The van der Waals surface area contributed by atoms with E-state index in [1.165, 1.54) is 0 Å². The molecule has 0 aliphatic heterocycles. The maximum atomic E-state index is 10.3. The highest BCUT2D eigenvalue weighted by Crippen LogP contribution is 2.14. The van der Waals surface area contributed by atoms with Gasteiger partial charge in [-0.05, 0) is 5.56 Å². The largest absolute Gasteiger partial charge is 0.301 e. The third-order valence-electron chi connectivity index (χ3n) is 1.89. The second-order valence-electron chi connectivity index (χ2n) is 2.71. The van der Waals surface area contributed by atoms with E-state index in [0.717, 1.165) is 5.56 Å². The first kappa shape index (κ1) is 8.65. The summed E-state index contributed by atoms with van der Waals surface area (Å²) in [6, 6.07) is 9.57. The molecule has 62 valence electrons. The van der Waals surface area contributed by atoms with Gasteiger partial charge in [0.05, 0.1) is 5.71 Å². The molecule has 1 rings (SSSR count). The van der Waals surface area contributed by atoms with Gasteiger partial charge in [-0.3, -0.25) is 4.79 Å². The lowest BCUT2D eigenvalue weighted by Gasteiger charge is -2.07. The predicted octanol–water partition coefficient (Wildman–Crippen LogP) is 2.01. The lowest BCUT2D eigenvalue weighted by atomic mass is 9.97. The Morgan fingerprint density at radius 3 is 2.50 bits per heavy atom. The SMILES string of the molecule is CC(C(=N)C=O)c1ccccc1. The van der Waals surface area contributed by atoms with Gasteiger partial charge in [-0.1, -0.05) is 37.3 Å². The van der Waals surface area contributed by atoms with Crippen LogP contribution in [-0.4, -0.2) is 12.0 Å². The summed E-state index contributed by atoms with van der Waals surface area (Å²) in [7, 11) is 0. The van der Waals surface area contributed by atoms with Crippen molar-refractivity contribution in [2.75, 3.05) is 0 Å². The molecule has 0 fully saturated rings. The van der Waals surface area contributed by atoms with E-state index < -0.39 is 0 Å². The average Bonchev–Trinajstić information content (AvgIpc) is 2.17. The Hall–Kier alpha value is -1.44. The van der Waals surface area contributed by atoms with Crippen LogP contribution in [0.15, 0.2) is 30.3 Å². The minimum absolute atomic E-state index is 0.0938. The van der Waals surface area contributed by atoms with Crippen LogP contribution in [0.2, 0.25) is 0 Å². The van der Waals surface area contributed by atoms with Crippen LogP contribution in [0.5, 0.6) is 0 Å². The van der Waals surface area contributed by atoms with Crippen LogP contribution in [-0.2, 0) is 4.79 Å². The average molecular weight is 161 g/mol. The quantitative estimate of drug-likeness (QED) is 0.534. The zero-order valence-electron chi connectivity index (χ0n) is 6.95. The van der Waals surface area contributed by atoms with E-state index in [2.05, 4.69) is 0 Å². The molecule has 1 aromatic rings. The highest BCUT2D eigenvalue weighted by molar-refractivity contribution is 6.29. The smallest absolute Gasteiger partial charge is 0.164 e. The Balaban J connectivity index is 2.85. The summed E-state index contributed by atoms with van der Waals surface area (Å²) in [5, 5.41) is 7.31. The monoisotopic (exact) mass is 161 g/mol. The first-order valence-electron chi connectivity index (χ1n) is 3.84. The van der Waals surface area contributed by atoms with Crippen molar-refractivity contribution in [3.05, 3.63) is 35.9 Å². The standard InChI is InChI=1S/C10H11NO/c1-8(10(11)7-12)9-5-3-2-4-6-9/h2-8,11H,1H3. The van der Waals surface area contributed by atoms with Crippen LogP contribution in [0.4, 0.5) is 0 Å². The molecule has 1 unspecified atom stereocenters. The van der Waals surface area contributed by atoms with Crippen molar-refractivity contribution in [2.45, 2.75) is 12.8 Å². The Bertz CT molecular complexity index is 279. The van der Waals surface area contributed by atoms with Gasteiger partial charge in [-0.15, -0.1) is 0 Å². The fourth-order valence-electron chi connectivity index (χ4n) is 1.02. The van der Waals surface area contributed by atoms with Gasteiger partial charge in [-0.25, -0.2) is 0 Å². The fraction of sp³-hybridized carbons (Fsp3) is 0.200. The van der Waals surface area contributed by atoms with Crippen molar-refractivity contribution in [3.8, 4) is 0 Å². The molecule has 0 aliphatic carbocycles. The molecule has 0 aromatic heterocycles. The van der Waals surface area contributed by atoms with E-state index in [-0.39, 0.29) is 11.6 Å². The topological polar surface area (TPSA) is 40.9 Å². The van der Waals surface area contributed by atoms with Gasteiger partial charge in [0.2, 0.25) is 0 Å². The number of rotatable bonds is 3. The van der Waals surface area contributed by atoms with Crippen molar-refractivity contribution >= 4 is 12.0 Å². The van der Waals surface area contributed by atoms with Gasteiger partial charge >= 0.3 is 0 Å². The molecule has 0 bridgehead atoms. The summed E-state index contributed by atoms with van der Waals surface area (Å²) in [5.41, 5.74) is 1.14. The Labute approximate surface area is 71.7 Å². The van der Waals surface area contributed by atoms with Crippen molar-refractivity contribution < 1.29 is 4.79 Å². The normalized spacial score (nSPS) is 12.1. The number of nitrogens with one attached hydrogen (secondary N) is 1. The number of carbonyl (C=O) groups is 1. The first-order chi connectivity index (χ1) is 5.75. The maximum absolute atomic E-state index is 10.3. The molecule has 1 aromatic carbocycles. The van der Waals surface area contributed by atoms with E-state index in [1.807, 2.05) is 37.3 Å². The summed E-state index contributed by atoms with van der Waals surface area (Å²) in [6.45, 7) is 1.85. The molecular formula is C10H11NO. The van der Waals surface area contributed by atoms with Crippen molar-refractivity contribution in [1.82, 2.24) is 0 Å². The molecule has 0 spiro atoms. The summed E-state index contributed by atoms with van der Waals surface area (Å²) in [5.74, 6) is -0.0938. The van der Waals surface area contributed by atoms with Crippen molar-refractivity contribution in [2.24, 2.45) is 0 Å². The lowest BCUT2D eigenvalue weighted by molar-refractivity contribution is -0.102. The zero-order chi connectivity index (χ0) is 8.97.